The van der Waals surface area contributed by atoms with Crippen molar-refractivity contribution in [3.05, 3.63) is 105 Å². The molecule has 4 rings (SSSR count). The lowest BCUT2D eigenvalue weighted by Crippen LogP contribution is -2.32. The van der Waals surface area contributed by atoms with Crippen LogP contribution in [0.2, 0.25) is 5.02 Å². The molecule has 2 amide bonds. The van der Waals surface area contributed by atoms with Crippen molar-refractivity contribution >= 4 is 74.9 Å². The van der Waals surface area contributed by atoms with Crippen molar-refractivity contribution in [2.45, 2.75) is 6.92 Å². The number of nitrogens with zero attached hydrogens (tertiary/aromatic N) is 1. The number of anilines is 2. The van der Waals surface area contributed by atoms with Crippen LogP contribution in [0.1, 0.15) is 21.7 Å². The molecule has 1 heterocycles. The van der Waals surface area contributed by atoms with Crippen molar-refractivity contribution in [1.82, 2.24) is 5.32 Å². The van der Waals surface area contributed by atoms with Crippen LogP contribution >= 0.6 is 23.8 Å². The molecule has 9 nitrogen and oxygen atoms in total. The number of hydrogen-bond donors (Lipinski definition) is 3. The number of nitrogens with one attached hydrogen (secondary N) is 3. The standard InChI is InChI=1S/C26H19ClN4O5S/c1-15-12-18(8-10-20(15)29-25(33)23-14-17-4-2-3-5-22(17)36-23)28-26(37)30-24(32)11-7-16-6-9-19(27)21(13-16)31(34)35/h2-14H,1H3,(H,29,33)(H2,28,30,32,37)/b11-7+. The van der Waals surface area contributed by atoms with Gasteiger partial charge in [0.15, 0.2) is 10.9 Å². The molecule has 0 aliphatic heterocycles. The lowest BCUT2D eigenvalue weighted by Gasteiger charge is -2.12. The van der Waals surface area contributed by atoms with Crippen molar-refractivity contribution in [2.75, 3.05) is 10.6 Å². The molecule has 0 aliphatic rings. The number of nitro groups is 1. The predicted molar refractivity (Wildman–Crippen MR) is 147 cm³/mol. The normalized spacial score (nSPS) is 10.9. The number of carbonyl (C=O) groups is 2. The molecule has 0 fully saturated rings. The Labute approximate surface area is 221 Å². The van der Waals surface area contributed by atoms with Crippen LogP contribution < -0.4 is 16.0 Å². The van der Waals surface area contributed by atoms with Gasteiger partial charge in [-0.2, -0.15) is 0 Å². The third kappa shape index (κ3) is 6.37. The minimum atomic E-state index is -0.601. The highest BCUT2D eigenvalue weighted by atomic mass is 35.5. The van der Waals surface area contributed by atoms with Gasteiger partial charge in [-0.15, -0.1) is 0 Å². The summed E-state index contributed by atoms with van der Waals surface area (Å²) in [6.07, 6.45) is 2.60. The number of furan rings is 1. The molecule has 0 bridgehead atoms. The number of amides is 2. The Balaban J connectivity index is 1.34. The monoisotopic (exact) mass is 534 g/mol. The van der Waals surface area contributed by atoms with Crippen LogP contribution in [0.15, 0.2) is 77.2 Å². The van der Waals surface area contributed by atoms with E-state index in [1.807, 2.05) is 25.1 Å². The second-order valence-electron chi connectivity index (χ2n) is 7.88. The molecule has 11 heteroatoms. The number of hydrogen-bond acceptors (Lipinski definition) is 6. The van der Waals surface area contributed by atoms with E-state index in [9.17, 15) is 19.7 Å². The van der Waals surface area contributed by atoms with E-state index in [0.717, 1.165) is 10.9 Å². The van der Waals surface area contributed by atoms with Crippen molar-refractivity contribution in [2.24, 2.45) is 0 Å². The van der Waals surface area contributed by atoms with Crippen molar-refractivity contribution in [1.29, 1.82) is 0 Å². The number of nitro benzene ring substituents is 1. The number of fused-ring (bicyclic) bond motifs is 1. The Bertz CT molecular complexity index is 1550. The fourth-order valence-corrected chi connectivity index (χ4v) is 3.83. The fraction of sp³-hybridized carbons (Fsp3) is 0.0385. The Kier molecular flexibility index (Phi) is 7.61. The largest absolute Gasteiger partial charge is 0.451 e. The Morgan fingerprint density at radius 2 is 1.84 bits per heavy atom. The average Bonchev–Trinajstić information content (AvgIpc) is 3.29. The highest BCUT2D eigenvalue weighted by Gasteiger charge is 2.14. The summed E-state index contributed by atoms with van der Waals surface area (Å²) >= 11 is 11.0. The summed E-state index contributed by atoms with van der Waals surface area (Å²) in [6.45, 7) is 1.81. The molecule has 37 heavy (non-hydrogen) atoms. The minimum absolute atomic E-state index is 0.00684. The third-order valence-corrected chi connectivity index (χ3v) is 5.74. The summed E-state index contributed by atoms with van der Waals surface area (Å²) in [4.78, 5) is 35.2. The van der Waals surface area contributed by atoms with Crippen LogP contribution in [-0.2, 0) is 4.79 Å². The minimum Gasteiger partial charge on any atom is -0.451 e. The molecule has 0 saturated heterocycles. The van der Waals surface area contributed by atoms with Gasteiger partial charge in [0, 0.05) is 28.9 Å². The molecule has 3 N–H and O–H groups in total. The van der Waals surface area contributed by atoms with Gasteiger partial charge in [0.1, 0.15) is 10.6 Å². The molecule has 0 atom stereocenters. The summed E-state index contributed by atoms with van der Waals surface area (Å²) in [5.41, 5.74) is 2.75. The topological polar surface area (TPSA) is 127 Å². The first-order valence-electron chi connectivity index (χ1n) is 10.8. The summed E-state index contributed by atoms with van der Waals surface area (Å²) in [6, 6.07) is 18.4. The maximum absolute atomic E-state index is 12.6. The van der Waals surface area contributed by atoms with Gasteiger partial charge < -0.3 is 15.1 Å². The van der Waals surface area contributed by atoms with E-state index in [0.29, 0.717) is 22.5 Å². The molecule has 0 saturated carbocycles. The first-order valence-corrected chi connectivity index (χ1v) is 11.6. The van der Waals surface area contributed by atoms with E-state index in [1.54, 1.807) is 36.4 Å². The molecular formula is C26H19ClN4O5S. The zero-order valence-corrected chi connectivity index (χ0v) is 20.9. The van der Waals surface area contributed by atoms with Gasteiger partial charge in [-0.1, -0.05) is 35.9 Å². The number of carbonyl (C=O) groups excluding carboxylic acids is 2. The fourth-order valence-electron chi connectivity index (χ4n) is 3.42. The zero-order chi connectivity index (χ0) is 26.5. The maximum atomic E-state index is 12.6. The van der Waals surface area contributed by atoms with Gasteiger partial charge >= 0.3 is 0 Å². The van der Waals surface area contributed by atoms with Gasteiger partial charge in [-0.25, -0.2) is 0 Å². The molecule has 1 aromatic heterocycles. The van der Waals surface area contributed by atoms with Gasteiger partial charge in [-0.05, 0) is 72.7 Å². The quantitative estimate of drug-likeness (QED) is 0.118. The summed E-state index contributed by atoms with van der Waals surface area (Å²) in [7, 11) is 0. The Hall–Kier alpha value is -4.54. The lowest BCUT2D eigenvalue weighted by molar-refractivity contribution is -0.384. The highest BCUT2D eigenvalue weighted by Crippen LogP contribution is 2.26. The van der Waals surface area contributed by atoms with E-state index >= 15 is 0 Å². The van der Waals surface area contributed by atoms with Gasteiger partial charge in [0.2, 0.25) is 5.91 Å². The molecule has 4 aromatic rings. The Morgan fingerprint density at radius 3 is 2.57 bits per heavy atom. The van der Waals surface area contributed by atoms with Gasteiger partial charge in [0.05, 0.1) is 4.92 Å². The smallest absolute Gasteiger partial charge is 0.291 e. The lowest BCUT2D eigenvalue weighted by atomic mass is 10.1. The van der Waals surface area contributed by atoms with Crippen LogP contribution in [0.3, 0.4) is 0 Å². The molecule has 0 unspecified atom stereocenters. The van der Waals surface area contributed by atoms with E-state index in [2.05, 4.69) is 16.0 Å². The van der Waals surface area contributed by atoms with Crippen molar-refractivity contribution in [3.63, 3.8) is 0 Å². The van der Waals surface area contributed by atoms with E-state index in [-0.39, 0.29) is 27.5 Å². The number of rotatable bonds is 6. The highest BCUT2D eigenvalue weighted by molar-refractivity contribution is 7.80. The second-order valence-corrected chi connectivity index (χ2v) is 8.69. The van der Waals surface area contributed by atoms with Crippen LogP contribution in [-0.4, -0.2) is 21.9 Å². The van der Waals surface area contributed by atoms with E-state index in [4.69, 9.17) is 28.2 Å². The predicted octanol–water partition coefficient (Wildman–Crippen LogP) is 6.08. The SMILES string of the molecule is Cc1cc(NC(=S)NC(=O)/C=C/c2ccc(Cl)c([N+](=O)[O-])c2)ccc1NC(=O)c1cc2ccccc2o1. The van der Waals surface area contributed by atoms with Crippen LogP contribution in [0, 0.1) is 17.0 Å². The first-order chi connectivity index (χ1) is 17.7. The van der Waals surface area contributed by atoms with E-state index < -0.39 is 10.8 Å². The second kappa shape index (κ2) is 11.0. The van der Waals surface area contributed by atoms with Crippen molar-refractivity contribution in [3.8, 4) is 0 Å². The number of para-hydroxylation sites is 1. The summed E-state index contributed by atoms with van der Waals surface area (Å²) in [5.74, 6) is -0.699. The molecular weight excluding hydrogens is 516 g/mol. The van der Waals surface area contributed by atoms with Gasteiger partial charge in [-0.3, -0.25) is 25.0 Å². The zero-order valence-electron chi connectivity index (χ0n) is 19.3. The summed E-state index contributed by atoms with van der Waals surface area (Å²) in [5, 5.41) is 20.1. The molecule has 0 aliphatic carbocycles. The molecule has 0 spiro atoms. The average molecular weight is 535 g/mol. The molecule has 186 valence electrons. The van der Waals surface area contributed by atoms with Crippen LogP contribution in [0.5, 0.6) is 0 Å². The van der Waals surface area contributed by atoms with Crippen LogP contribution in [0.25, 0.3) is 17.0 Å². The molecule has 3 aromatic carbocycles. The maximum Gasteiger partial charge on any atom is 0.291 e. The van der Waals surface area contributed by atoms with Crippen molar-refractivity contribution < 1.29 is 18.9 Å². The van der Waals surface area contributed by atoms with Crippen LogP contribution in [0.4, 0.5) is 17.1 Å². The number of benzene rings is 3. The summed E-state index contributed by atoms with van der Waals surface area (Å²) < 4.78 is 5.60. The number of aryl methyl sites for hydroxylation is 1. The Morgan fingerprint density at radius 1 is 1.05 bits per heavy atom. The third-order valence-electron chi connectivity index (χ3n) is 5.21. The van der Waals surface area contributed by atoms with E-state index in [1.165, 1.54) is 24.3 Å². The van der Waals surface area contributed by atoms with Gasteiger partial charge in [0.25, 0.3) is 11.6 Å². The first kappa shape index (κ1) is 25.5. The number of halogens is 1. The number of thiocarbonyl (C=S) groups is 1. The molecule has 0 radical (unpaired) electrons.